The third kappa shape index (κ3) is 6.18. The minimum Gasteiger partial charge on any atom is -0.492 e. The molecule has 0 aromatic heterocycles. The summed E-state index contributed by atoms with van der Waals surface area (Å²) in [5.41, 5.74) is 2.90. The predicted molar refractivity (Wildman–Crippen MR) is 138 cm³/mol. The molecule has 2 aromatic rings. The lowest BCUT2D eigenvalue weighted by Gasteiger charge is -2.37. The quantitative estimate of drug-likeness (QED) is 0.274. The van der Waals surface area contributed by atoms with E-state index < -0.39 is 17.8 Å². The molecule has 0 radical (unpaired) electrons. The predicted octanol–water partition coefficient (Wildman–Crippen LogP) is 6.95. The first-order chi connectivity index (χ1) is 18.1. The number of carbonyl (C=O) groups excluding carboxylic acids is 1. The molecule has 0 aliphatic carbocycles. The molecule has 2 aliphatic rings. The molecule has 202 valence electrons. The van der Waals surface area contributed by atoms with E-state index in [4.69, 9.17) is 9.47 Å². The number of nitrogens with zero attached hydrogens (tertiary/aromatic N) is 1. The summed E-state index contributed by atoms with van der Waals surface area (Å²) in [6, 6.07) is 12.4. The molecular weight excluding hydrogens is 498 g/mol. The molecule has 0 N–H and O–H groups in total. The van der Waals surface area contributed by atoms with Crippen LogP contribution in [0.25, 0.3) is 5.57 Å². The van der Waals surface area contributed by atoms with Crippen LogP contribution < -0.4 is 4.74 Å². The van der Waals surface area contributed by atoms with Gasteiger partial charge in [-0.15, -0.1) is 0 Å². The summed E-state index contributed by atoms with van der Waals surface area (Å²) in [6.07, 6.45) is -1.82. The third-order valence-electron chi connectivity index (χ3n) is 6.84. The molecule has 1 atom stereocenters. The van der Waals surface area contributed by atoms with Gasteiger partial charge in [0, 0.05) is 42.8 Å². The van der Waals surface area contributed by atoms with Gasteiger partial charge in [-0.05, 0) is 61.7 Å². The molecule has 2 heterocycles. The molecule has 1 saturated heterocycles. The number of ether oxygens (including phenoxy) is 2. The Labute approximate surface area is 220 Å². The zero-order valence-electron chi connectivity index (χ0n) is 21.6. The summed E-state index contributed by atoms with van der Waals surface area (Å²) in [4.78, 5) is 14.1. The van der Waals surface area contributed by atoms with Crippen molar-refractivity contribution < 1.29 is 31.8 Å². The number of alkyl halides is 4. The van der Waals surface area contributed by atoms with E-state index >= 15 is 0 Å². The van der Waals surface area contributed by atoms with Gasteiger partial charge in [0.15, 0.2) is 5.78 Å². The molecule has 38 heavy (non-hydrogen) atoms. The zero-order chi connectivity index (χ0) is 27.4. The van der Waals surface area contributed by atoms with E-state index in [-0.39, 0.29) is 18.4 Å². The van der Waals surface area contributed by atoms with Crippen molar-refractivity contribution in [2.24, 2.45) is 5.92 Å². The number of hydrogen-bond acceptors (Lipinski definition) is 4. The van der Waals surface area contributed by atoms with Crippen molar-refractivity contribution in [2.45, 2.75) is 33.1 Å². The zero-order valence-corrected chi connectivity index (χ0v) is 21.6. The van der Waals surface area contributed by atoms with Crippen molar-refractivity contribution in [1.82, 2.24) is 4.90 Å². The van der Waals surface area contributed by atoms with E-state index in [0.717, 1.165) is 48.5 Å². The van der Waals surface area contributed by atoms with Crippen molar-refractivity contribution in [3.05, 3.63) is 94.3 Å². The maximum absolute atomic E-state index is 13.2. The molecule has 2 aromatic carbocycles. The number of rotatable bonds is 8. The van der Waals surface area contributed by atoms with Crippen molar-refractivity contribution in [2.75, 3.05) is 32.9 Å². The standard InChI is InChI=1S/C30H31F4NO3/c1-4-26-20(3)28(22-5-9-24(10-6-22)30(32,33)34)29(38-27(26)15-19(2)36)23-7-11-25(12-8-23)37-14-13-35-17-21(16-31)18-35/h4-12,15,21,29H,13-14,16-18H2,1-3H3/b26-4?,27-15+. The summed E-state index contributed by atoms with van der Waals surface area (Å²) in [5, 5.41) is 0. The molecule has 0 amide bonds. The topological polar surface area (TPSA) is 38.8 Å². The fourth-order valence-electron chi connectivity index (χ4n) is 4.86. The van der Waals surface area contributed by atoms with Crippen LogP contribution in [0, 0.1) is 5.92 Å². The lowest BCUT2D eigenvalue weighted by atomic mass is 9.85. The lowest BCUT2D eigenvalue weighted by Crippen LogP contribution is -2.49. The van der Waals surface area contributed by atoms with Gasteiger partial charge in [0.2, 0.25) is 0 Å². The van der Waals surface area contributed by atoms with E-state index in [9.17, 15) is 22.4 Å². The lowest BCUT2D eigenvalue weighted by molar-refractivity contribution is -0.137. The first-order valence-corrected chi connectivity index (χ1v) is 12.6. The van der Waals surface area contributed by atoms with Crippen LogP contribution in [0.1, 0.15) is 43.6 Å². The highest BCUT2D eigenvalue weighted by Crippen LogP contribution is 2.46. The second-order valence-corrected chi connectivity index (χ2v) is 9.63. The van der Waals surface area contributed by atoms with E-state index in [1.165, 1.54) is 25.1 Å². The number of likely N-dealkylation sites (tertiary alicyclic amines) is 1. The van der Waals surface area contributed by atoms with Crippen LogP contribution >= 0.6 is 0 Å². The monoisotopic (exact) mass is 529 g/mol. The summed E-state index contributed by atoms with van der Waals surface area (Å²) in [6.45, 7) is 7.55. The Morgan fingerprint density at radius 3 is 2.32 bits per heavy atom. The highest BCUT2D eigenvalue weighted by molar-refractivity contribution is 5.90. The van der Waals surface area contributed by atoms with E-state index in [2.05, 4.69) is 4.90 Å². The minimum atomic E-state index is -4.43. The van der Waals surface area contributed by atoms with Gasteiger partial charge in [0.25, 0.3) is 0 Å². The smallest absolute Gasteiger partial charge is 0.416 e. The SMILES string of the molecule is CC=C1C(C)=C(c2ccc(C(F)(F)F)cc2)C(c2ccc(OCCN3CC(CF)C3)cc2)O/C1=C/C(C)=O. The second kappa shape index (κ2) is 11.6. The van der Waals surface area contributed by atoms with Crippen LogP contribution in [0.2, 0.25) is 0 Å². The molecule has 2 aliphatic heterocycles. The van der Waals surface area contributed by atoms with Crippen LogP contribution in [-0.4, -0.2) is 43.6 Å². The molecule has 4 rings (SSSR count). The number of ketones is 1. The normalized spacial score (nSPS) is 21.0. The first-order valence-electron chi connectivity index (χ1n) is 12.6. The number of allylic oxidation sites excluding steroid dienone is 3. The van der Waals surface area contributed by atoms with Gasteiger partial charge in [-0.1, -0.05) is 30.3 Å². The molecule has 4 nitrogen and oxygen atoms in total. The van der Waals surface area contributed by atoms with Gasteiger partial charge in [-0.25, -0.2) is 0 Å². The molecule has 0 spiro atoms. The van der Waals surface area contributed by atoms with E-state index in [0.29, 0.717) is 29.3 Å². The Bertz CT molecular complexity index is 1240. The summed E-state index contributed by atoms with van der Waals surface area (Å²) < 4.78 is 64.3. The summed E-state index contributed by atoms with van der Waals surface area (Å²) in [5.74, 6) is 1.04. The Balaban J connectivity index is 1.61. The average Bonchev–Trinajstić information content (AvgIpc) is 2.85. The van der Waals surface area contributed by atoms with Crippen molar-refractivity contribution in [3.8, 4) is 5.75 Å². The van der Waals surface area contributed by atoms with Gasteiger partial charge in [-0.2, -0.15) is 13.2 Å². The first kappa shape index (κ1) is 27.6. The molecule has 1 unspecified atom stereocenters. The number of benzene rings is 2. The number of hydrogen-bond donors (Lipinski definition) is 0. The van der Waals surface area contributed by atoms with Gasteiger partial charge >= 0.3 is 6.18 Å². The fraction of sp³-hybridized carbons (Fsp3) is 0.367. The molecular formula is C30H31F4NO3. The van der Waals surface area contributed by atoms with Crippen LogP contribution in [0.15, 0.2) is 77.6 Å². The number of halogens is 4. The summed E-state index contributed by atoms with van der Waals surface area (Å²) in [7, 11) is 0. The Hall–Kier alpha value is -3.39. The second-order valence-electron chi connectivity index (χ2n) is 9.63. The largest absolute Gasteiger partial charge is 0.492 e. The van der Waals surface area contributed by atoms with Gasteiger partial charge in [-0.3, -0.25) is 14.1 Å². The highest BCUT2D eigenvalue weighted by atomic mass is 19.4. The highest BCUT2D eigenvalue weighted by Gasteiger charge is 2.33. The fourth-order valence-corrected chi connectivity index (χ4v) is 4.86. The maximum atomic E-state index is 13.2. The molecule has 8 heteroatoms. The Morgan fingerprint density at radius 2 is 1.76 bits per heavy atom. The van der Waals surface area contributed by atoms with Crippen molar-refractivity contribution in [1.29, 1.82) is 0 Å². The molecule has 1 fully saturated rings. The van der Waals surface area contributed by atoms with E-state index in [1.54, 1.807) is 0 Å². The summed E-state index contributed by atoms with van der Waals surface area (Å²) >= 11 is 0. The van der Waals surface area contributed by atoms with E-state index in [1.807, 2.05) is 44.2 Å². The average molecular weight is 530 g/mol. The van der Waals surface area contributed by atoms with Crippen LogP contribution in [0.3, 0.4) is 0 Å². The van der Waals surface area contributed by atoms with Crippen molar-refractivity contribution >= 4 is 11.4 Å². The number of carbonyl (C=O) groups is 1. The Kier molecular flexibility index (Phi) is 8.41. The maximum Gasteiger partial charge on any atom is 0.416 e. The van der Waals surface area contributed by atoms with Gasteiger partial charge in [0.1, 0.15) is 24.2 Å². The van der Waals surface area contributed by atoms with Crippen LogP contribution in [-0.2, 0) is 15.7 Å². The minimum absolute atomic E-state index is 0.130. The van der Waals surface area contributed by atoms with Crippen LogP contribution in [0.5, 0.6) is 5.75 Å². The van der Waals surface area contributed by atoms with Crippen LogP contribution in [0.4, 0.5) is 17.6 Å². The third-order valence-corrected chi connectivity index (χ3v) is 6.84. The molecule has 0 saturated carbocycles. The van der Waals surface area contributed by atoms with Crippen molar-refractivity contribution in [3.63, 3.8) is 0 Å². The van der Waals surface area contributed by atoms with Gasteiger partial charge < -0.3 is 9.47 Å². The molecule has 0 bridgehead atoms. The Morgan fingerprint density at radius 1 is 1.11 bits per heavy atom. The van der Waals surface area contributed by atoms with Gasteiger partial charge in [0.05, 0.1) is 12.2 Å².